The van der Waals surface area contributed by atoms with Gasteiger partial charge in [0, 0.05) is 18.5 Å². The van der Waals surface area contributed by atoms with Crippen molar-refractivity contribution in [3.05, 3.63) is 59.2 Å². The Labute approximate surface area is 153 Å². The lowest BCUT2D eigenvalue weighted by atomic mass is 9.87. The van der Waals surface area contributed by atoms with E-state index < -0.39 is 0 Å². The Morgan fingerprint density at radius 2 is 2.08 bits per heavy atom. The van der Waals surface area contributed by atoms with E-state index in [0.717, 1.165) is 29.9 Å². The number of hydrogen-bond acceptors (Lipinski definition) is 3. The standard InChI is InChI=1S/C21H24N2O3/c1-14(23-18-8-4-6-16-5-2-3-7-17(16)18)21(24)22-12-15-9-10-19-20(11-15)26-13-25-19/h2-3,5,7,9-11,14,18,23H,4,6,8,12-13H2,1H3,(H,22,24)/p+1/t14-,18+/m0/s1. The fraction of sp³-hybridized carbons (Fsp3) is 0.381. The van der Waals surface area contributed by atoms with Gasteiger partial charge in [-0.25, -0.2) is 0 Å². The SMILES string of the molecule is C[C@H]([NH2+][C@@H]1CCCc2ccccc21)C(=O)NCc1ccc2c(c1)OCO2. The van der Waals surface area contributed by atoms with Gasteiger partial charge in [-0.1, -0.05) is 30.3 Å². The molecule has 0 aromatic heterocycles. The number of nitrogens with one attached hydrogen (secondary N) is 1. The number of rotatable bonds is 5. The van der Waals surface area contributed by atoms with Crippen LogP contribution in [0.5, 0.6) is 11.5 Å². The second kappa shape index (κ2) is 7.38. The number of aryl methyl sites for hydroxylation is 1. The summed E-state index contributed by atoms with van der Waals surface area (Å²) in [5, 5.41) is 5.24. The second-order valence-electron chi connectivity index (χ2n) is 7.08. The molecule has 136 valence electrons. The number of ether oxygens (including phenoxy) is 2. The molecule has 2 aromatic rings. The summed E-state index contributed by atoms with van der Waals surface area (Å²) in [5.41, 5.74) is 3.82. The number of amides is 1. The van der Waals surface area contributed by atoms with Crippen LogP contribution in [-0.2, 0) is 17.8 Å². The number of nitrogens with two attached hydrogens (primary N) is 1. The van der Waals surface area contributed by atoms with Crippen LogP contribution in [0.15, 0.2) is 42.5 Å². The van der Waals surface area contributed by atoms with E-state index in [0.29, 0.717) is 12.6 Å². The molecule has 0 radical (unpaired) electrons. The van der Waals surface area contributed by atoms with Crippen LogP contribution >= 0.6 is 0 Å². The molecule has 0 spiro atoms. The lowest BCUT2D eigenvalue weighted by molar-refractivity contribution is -0.714. The monoisotopic (exact) mass is 353 g/mol. The zero-order chi connectivity index (χ0) is 17.9. The lowest BCUT2D eigenvalue weighted by Gasteiger charge is -2.26. The average Bonchev–Trinajstić information content (AvgIpc) is 3.14. The molecule has 0 fully saturated rings. The highest BCUT2D eigenvalue weighted by molar-refractivity contribution is 5.79. The van der Waals surface area contributed by atoms with E-state index in [2.05, 4.69) is 34.9 Å². The Bertz CT molecular complexity index is 806. The molecular weight excluding hydrogens is 328 g/mol. The molecule has 26 heavy (non-hydrogen) atoms. The molecule has 1 aliphatic heterocycles. The zero-order valence-corrected chi connectivity index (χ0v) is 15.0. The average molecular weight is 353 g/mol. The maximum absolute atomic E-state index is 12.5. The van der Waals surface area contributed by atoms with E-state index >= 15 is 0 Å². The number of fused-ring (bicyclic) bond motifs is 2. The van der Waals surface area contributed by atoms with E-state index in [9.17, 15) is 4.79 Å². The summed E-state index contributed by atoms with van der Waals surface area (Å²) in [6.45, 7) is 2.74. The number of carbonyl (C=O) groups is 1. The Hall–Kier alpha value is -2.53. The van der Waals surface area contributed by atoms with E-state index in [4.69, 9.17) is 9.47 Å². The van der Waals surface area contributed by atoms with Gasteiger partial charge in [-0.3, -0.25) is 4.79 Å². The van der Waals surface area contributed by atoms with Crippen molar-refractivity contribution in [3.8, 4) is 11.5 Å². The van der Waals surface area contributed by atoms with Gasteiger partial charge in [0.25, 0.3) is 5.91 Å². The first kappa shape index (κ1) is 16.9. The highest BCUT2D eigenvalue weighted by Gasteiger charge is 2.27. The number of benzene rings is 2. The Morgan fingerprint density at radius 1 is 1.23 bits per heavy atom. The van der Waals surface area contributed by atoms with Crippen LogP contribution in [0.4, 0.5) is 0 Å². The first-order valence-electron chi connectivity index (χ1n) is 9.30. The summed E-state index contributed by atoms with van der Waals surface area (Å²) in [7, 11) is 0. The van der Waals surface area contributed by atoms with Gasteiger partial charge in [0.1, 0.15) is 6.04 Å². The smallest absolute Gasteiger partial charge is 0.278 e. The molecule has 0 bridgehead atoms. The largest absolute Gasteiger partial charge is 0.454 e. The molecular formula is C21H25N2O3+. The Kier molecular flexibility index (Phi) is 4.80. The third-order valence-electron chi connectivity index (χ3n) is 5.25. The van der Waals surface area contributed by atoms with Crippen molar-refractivity contribution >= 4 is 5.91 Å². The Morgan fingerprint density at radius 3 is 3.00 bits per heavy atom. The minimum atomic E-state index is -0.125. The van der Waals surface area contributed by atoms with Gasteiger partial charge in [-0.05, 0) is 43.0 Å². The van der Waals surface area contributed by atoms with Crippen molar-refractivity contribution < 1.29 is 19.6 Å². The van der Waals surface area contributed by atoms with E-state index in [1.807, 2.05) is 25.1 Å². The van der Waals surface area contributed by atoms with Gasteiger partial charge >= 0.3 is 0 Å². The summed E-state index contributed by atoms with van der Waals surface area (Å²) < 4.78 is 10.7. The molecule has 2 atom stereocenters. The molecule has 2 aliphatic rings. The predicted molar refractivity (Wildman–Crippen MR) is 97.9 cm³/mol. The quantitative estimate of drug-likeness (QED) is 0.865. The third-order valence-corrected chi connectivity index (χ3v) is 5.25. The molecule has 1 heterocycles. The fourth-order valence-corrected chi connectivity index (χ4v) is 3.83. The molecule has 5 nitrogen and oxygen atoms in total. The van der Waals surface area contributed by atoms with Crippen LogP contribution in [0.3, 0.4) is 0 Å². The number of hydrogen-bond donors (Lipinski definition) is 2. The molecule has 3 N–H and O–H groups in total. The molecule has 1 aliphatic carbocycles. The molecule has 0 unspecified atom stereocenters. The molecule has 0 saturated carbocycles. The van der Waals surface area contributed by atoms with Crippen molar-refractivity contribution in [2.24, 2.45) is 0 Å². The summed E-state index contributed by atoms with van der Waals surface area (Å²) in [6, 6.07) is 14.6. The van der Waals surface area contributed by atoms with Gasteiger partial charge < -0.3 is 20.1 Å². The summed E-state index contributed by atoms with van der Waals surface area (Å²) >= 11 is 0. The maximum Gasteiger partial charge on any atom is 0.278 e. The van der Waals surface area contributed by atoms with Crippen LogP contribution in [0, 0.1) is 0 Å². The summed E-state index contributed by atoms with van der Waals surface area (Å²) in [4.78, 5) is 12.5. The van der Waals surface area contributed by atoms with Crippen molar-refractivity contribution in [1.82, 2.24) is 5.32 Å². The van der Waals surface area contributed by atoms with Gasteiger partial charge in [-0.2, -0.15) is 0 Å². The zero-order valence-electron chi connectivity index (χ0n) is 15.0. The topological polar surface area (TPSA) is 64.2 Å². The fourth-order valence-electron chi connectivity index (χ4n) is 3.83. The molecule has 5 heteroatoms. The van der Waals surface area contributed by atoms with Crippen LogP contribution in [-0.4, -0.2) is 18.7 Å². The summed E-state index contributed by atoms with van der Waals surface area (Å²) in [6.07, 6.45) is 3.45. The van der Waals surface area contributed by atoms with Crippen molar-refractivity contribution in [2.45, 2.75) is 44.8 Å². The molecule has 0 saturated heterocycles. The van der Waals surface area contributed by atoms with E-state index in [1.54, 1.807) is 0 Å². The minimum absolute atomic E-state index is 0.0609. The van der Waals surface area contributed by atoms with Gasteiger partial charge in [-0.15, -0.1) is 0 Å². The lowest BCUT2D eigenvalue weighted by Crippen LogP contribution is -2.92. The van der Waals surface area contributed by atoms with E-state index in [-0.39, 0.29) is 18.7 Å². The van der Waals surface area contributed by atoms with E-state index in [1.165, 1.54) is 17.5 Å². The highest BCUT2D eigenvalue weighted by atomic mass is 16.7. The first-order valence-corrected chi connectivity index (χ1v) is 9.30. The van der Waals surface area contributed by atoms with Gasteiger partial charge in [0.2, 0.25) is 6.79 Å². The van der Waals surface area contributed by atoms with Crippen molar-refractivity contribution in [2.75, 3.05) is 6.79 Å². The normalized spacial score (nSPS) is 18.9. The number of carbonyl (C=O) groups excluding carboxylic acids is 1. The molecule has 2 aromatic carbocycles. The van der Waals surface area contributed by atoms with Crippen LogP contribution in [0.1, 0.15) is 42.5 Å². The van der Waals surface area contributed by atoms with Crippen LogP contribution in [0.2, 0.25) is 0 Å². The predicted octanol–water partition coefficient (Wildman–Crippen LogP) is 2.06. The molecule has 1 amide bonds. The minimum Gasteiger partial charge on any atom is -0.454 e. The third kappa shape index (κ3) is 3.53. The van der Waals surface area contributed by atoms with Crippen LogP contribution < -0.4 is 20.1 Å². The highest BCUT2D eigenvalue weighted by Crippen LogP contribution is 2.32. The maximum atomic E-state index is 12.5. The number of quaternary nitrogens is 1. The Balaban J connectivity index is 1.34. The first-order chi connectivity index (χ1) is 12.7. The summed E-state index contributed by atoms with van der Waals surface area (Å²) in [5.74, 6) is 1.57. The molecule has 4 rings (SSSR count). The van der Waals surface area contributed by atoms with Crippen LogP contribution in [0.25, 0.3) is 0 Å². The van der Waals surface area contributed by atoms with Gasteiger partial charge in [0.15, 0.2) is 17.5 Å². The van der Waals surface area contributed by atoms with Crippen molar-refractivity contribution in [1.29, 1.82) is 0 Å². The van der Waals surface area contributed by atoms with Gasteiger partial charge in [0.05, 0.1) is 0 Å². The second-order valence-corrected chi connectivity index (χ2v) is 7.08. The van der Waals surface area contributed by atoms with Crippen molar-refractivity contribution in [3.63, 3.8) is 0 Å².